The Morgan fingerprint density at radius 2 is 2.04 bits per heavy atom. The number of carbonyl (C=O) groups excluding carboxylic acids is 1. The third-order valence-electron chi connectivity index (χ3n) is 3.17. The summed E-state index contributed by atoms with van der Waals surface area (Å²) in [6.45, 7) is 1.54. The van der Waals surface area contributed by atoms with E-state index in [9.17, 15) is 9.18 Å². The van der Waals surface area contributed by atoms with Crippen LogP contribution in [0.5, 0.6) is 5.75 Å². The van der Waals surface area contributed by atoms with Crippen molar-refractivity contribution >= 4 is 21.8 Å². The number of benzene rings is 2. The summed E-state index contributed by atoms with van der Waals surface area (Å²) in [4.78, 5) is 11.9. The van der Waals surface area contributed by atoms with E-state index in [0.29, 0.717) is 10.0 Å². The summed E-state index contributed by atoms with van der Waals surface area (Å²) in [5.74, 6) is -0.870. The Kier molecular flexibility index (Phi) is 5.72. The van der Waals surface area contributed by atoms with Gasteiger partial charge in [0.05, 0.1) is 17.7 Å². The summed E-state index contributed by atoms with van der Waals surface area (Å²) < 4.78 is 19.4. The number of amides is 1. The SMILES string of the molecule is CC(NC(=O)COc1ccc(Br)cc1F)c1ccc(C#N)cc1. The minimum absolute atomic E-state index is 0.0226. The molecular formula is C17H14BrFN2O2. The summed E-state index contributed by atoms with van der Waals surface area (Å²) in [6.07, 6.45) is 0. The molecule has 0 fully saturated rings. The highest BCUT2D eigenvalue weighted by molar-refractivity contribution is 9.10. The third-order valence-corrected chi connectivity index (χ3v) is 3.66. The van der Waals surface area contributed by atoms with E-state index in [0.717, 1.165) is 5.56 Å². The fourth-order valence-corrected chi connectivity index (χ4v) is 2.28. The van der Waals surface area contributed by atoms with Gasteiger partial charge in [-0.15, -0.1) is 0 Å². The van der Waals surface area contributed by atoms with Crippen molar-refractivity contribution in [2.45, 2.75) is 13.0 Å². The highest BCUT2D eigenvalue weighted by Gasteiger charge is 2.11. The van der Waals surface area contributed by atoms with Crippen molar-refractivity contribution in [3.8, 4) is 11.8 Å². The molecule has 0 radical (unpaired) electrons. The molecule has 0 aliphatic carbocycles. The van der Waals surface area contributed by atoms with Gasteiger partial charge in [-0.1, -0.05) is 28.1 Å². The van der Waals surface area contributed by atoms with E-state index in [1.165, 1.54) is 12.1 Å². The number of hydrogen-bond acceptors (Lipinski definition) is 3. The minimum atomic E-state index is -0.535. The van der Waals surface area contributed by atoms with Crippen molar-refractivity contribution in [2.75, 3.05) is 6.61 Å². The van der Waals surface area contributed by atoms with Gasteiger partial charge in [-0.3, -0.25) is 4.79 Å². The third kappa shape index (κ3) is 4.80. The first-order valence-electron chi connectivity index (χ1n) is 6.87. The molecule has 4 nitrogen and oxygen atoms in total. The van der Waals surface area contributed by atoms with Crippen LogP contribution in [0.3, 0.4) is 0 Å². The number of rotatable bonds is 5. The Hall–Kier alpha value is -2.39. The van der Waals surface area contributed by atoms with Gasteiger partial charge in [-0.05, 0) is 42.8 Å². The summed E-state index contributed by atoms with van der Waals surface area (Å²) >= 11 is 3.15. The molecule has 0 saturated heterocycles. The topological polar surface area (TPSA) is 62.1 Å². The van der Waals surface area contributed by atoms with Crippen LogP contribution in [0.25, 0.3) is 0 Å². The van der Waals surface area contributed by atoms with Gasteiger partial charge < -0.3 is 10.1 Å². The van der Waals surface area contributed by atoms with Crippen molar-refractivity contribution < 1.29 is 13.9 Å². The molecular weight excluding hydrogens is 363 g/mol. The van der Waals surface area contributed by atoms with E-state index >= 15 is 0 Å². The molecule has 0 bridgehead atoms. The minimum Gasteiger partial charge on any atom is -0.481 e. The number of hydrogen-bond donors (Lipinski definition) is 1. The summed E-state index contributed by atoms with van der Waals surface area (Å²) in [6, 6.07) is 13.1. The van der Waals surface area contributed by atoms with Gasteiger partial charge in [0.25, 0.3) is 5.91 Å². The molecule has 2 aromatic carbocycles. The van der Waals surface area contributed by atoms with Crippen LogP contribution in [0.15, 0.2) is 46.9 Å². The number of halogens is 2. The molecule has 1 unspecified atom stereocenters. The first-order valence-corrected chi connectivity index (χ1v) is 7.66. The lowest BCUT2D eigenvalue weighted by Gasteiger charge is -2.15. The average molecular weight is 377 g/mol. The van der Waals surface area contributed by atoms with Crippen molar-refractivity contribution in [1.29, 1.82) is 5.26 Å². The maximum Gasteiger partial charge on any atom is 0.258 e. The summed E-state index contributed by atoms with van der Waals surface area (Å²) in [5, 5.41) is 11.5. The number of ether oxygens (including phenoxy) is 1. The van der Waals surface area contributed by atoms with E-state index in [4.69, 9.17) is 10.00 Å². The Balaban J connectivity index is 1.89. The fraction of sp³-hybridized carbons (Fsp3) is 0.176. The molecule has 2 rings (SSSR count). The molecule has 0 aromatic heterocycles. The Labute approximate surface area is 142 Å². The lowest BCUT2D eigenvalue weighted by atomic mass is 10.1. The van der Waals surface area contributed by atoms with E-state index in [1.807, 2.05) is 13.0 Å². The normalized spacial score (nSPS) is 11.4. The van der Waals surface area contributed by atoms with Gasteiger partial charge >= 0.3 is 0 Å². The maximum absolute atomic E-state index is 13.6. The van der Waals surface area contributed by atoms with Crippen LogP contribution in [-0.4, -0.2) is 12.5 Å². The standard InChI is InChI=1S/C17H14BrFN2O2/c1-11(13-4-2-12(9-20)3-5-13)21-17(22)10-23-16-7-6-14(18)8-15(16)19/h2-8,11H,10H2,1H3,(H,21,22). The molecule has 2 aromatic rings. The molecule has 1 N–H and O–H groups in total. The van der Waals surface area contributed by atoms with Crippen molar-refractivity contribution in [3.63, 3.8) is 0 Å². The zero-order valence-corrected chi connectivity index (χ0v) is 13.9. The zero-order valence-electron chi connectivity index (χ0n) is 12.3. The Morgan fingerprint density at radius 1 is 1.35 bits per heavy atom. The molecule has 6 heteroatoms. The molecule has 1 atom stereocenters. The molecule has 0 aliphatic heterocycles. The van der Waals surface area contributed by atoms with E-state index < -0.39 is 5.82 Å². The lowest BCUT2D eigenvalue weighted by Crippen LogP contribution is -2.31. The number of carbonyl (C=O) groups is 1. The van der Waals surface area contributed by atoms with Gasteiger partial charge in [-0.25, -0.2) is 4.39 Å². The zero-order chi connectivity index (χ0) is 16.8. The van der Waals surface area contributed by atoms with Gasteiger partial charge in [0.2, 0.25) is 0 Å². The summed E-state index contributed by atoms with van der Waals surface area (Å²) in [5.41, 5.74) is 1.42. The number of nitrogens with one attached hydrogen (secondary N) is 1. The predicted octanol–water partition coefficient (Wildman–Crippen LogP) is 3.72. The van der Waals surface area contributed by atoms with Crippen LogP contribution < -0.4 is 10.1 Å². The Morgan fingerprint density at radius 3 is 2.65 bits per heavy atom. The largest absolute Gasteiger partial charge is 0.481 e. The van der Waals surface area contributed by atoms with E-state index in [1.54, 1.807) is 30.3 Å². The van der Waals surface area contributed by atoms with Crippen LogP contribution in [0, 0.1) is 17.1 Å². The second kappa shape index (κ2) is 7.75. The quantitative estimate of drug-likeness (QED) is 0.864. The van der Waals surface area contributed by atoms with Crippen molar-refractivity contribution in [3.05, 3.63) is 63.9 Å². The Bertz CT molecular complexity index is 741. The molecule has 0 aliphatic rings. The van der Waals surface area contributed by atoms with E-state index in [2.05, 4.69) is 21.2 Å². The smallest absolute Gasteiger partial charge is 0.258 e. The average Bonchev–Trinajstić information content (AvgIpc) is 2.54. The molecule has 118 valence electrons. The lowest BCUT2D eigenvalue weighted by molar-refractivity contribution is -0.123. The van der Waals surface area contributed by atoms with Crippen LogP contribution in [0.4, 0.5) is 4.39 Å². The molecule has 23 heavy (non-hydrogen) atoms. The van der Waals surface area contributed by atoms with Gasteiger partial charge in [0.1, 0.15) is 0 Å². The highest BCUT2D eigenvalue weighted by atomic mass is 79.9. The summed E-state index contributed by atoms with van der Waals surface area (Å²) in [7, 11) is 0. The van der Waals surface area contributed by atoms with Crippen molar-refractivity contribution in [2.24, 2.45) is 0 Å². The first-order chi connectivity index (χ1) is 11.0. The van der Waals surface area contributed by atoms with Crippen LogP contribution >= 0.6 is 15.9 Å². The van der Waals surface area contributed by atoms with Crippen LogP contribution in [-0.2, 0) is 4.79 Å². The molecule has 0 saturated carbocycles. The van der Waals surface area contributed by atoms with Crippen molar-refractivity contribution in [1.82, 2.24) is 5.32 Å². The second-order valence-electron chi connectivity index (χ2n) is 4.89. The second-order valence-corrected chi connectivity index (χ2v) is 5.80. The molecule has 0 heterocycles. The van der Waals surface area contributed by atoms with Gasteiger partial charge in [0.15, 0.2) is 18.2 Å². The fourth-order valence-electron chi connectivity index (χ4n) is 1.95. The van der Waals surface area contributed by atoms with Crippen LogP contribution in [0.1, 0.15) is 24.1 Å². The van der Waals surface area contributed by atoms with Gasteiger partial charge in [0, 0.05) is 4.47 Å². The molecule has 1 amide bonds. The number of nitrogens with zero attached hydrogens (tertiary/aromatic N) is 1. The monoisotopic (exact) mass is 376 g/mol. The highest BCUT2D eigenvalue weighted by Crippen LogP contribution is 2.21. The molecule has 0 spiro atoms. The maximum atomic E-state index is 13.6. The van der Waals surface area contributed by atoms with Crippen LogP contribution in [0.2, 0.25) is 0 Å². The predicted molar refractivity (Wildman–Crippen MR) is 87.3 cm³/mol. The number of nitriles is 1. The van der Waals surface area contributed by atoms with Gasteiger partial charge in [-0.2, -0.15) is 5.26 Å². The van der Waals surface area contributed by atoms with E-state index in [-0.39, 0.29) is 24.3 Å². The first kappa shape index (κ1) is 17.0.